The van der Waals surface area contributed by atoms with Gasteiger partial charge >= 0.3 is 0 Å². The van der Waals surface area contributed by atoms with Gasteiger partial charge in [-0.3, -0.25) is 5.32 Å². The third kappa shape index (κ3) is 3.71. The zero-order valence-corrected chi connectivity index (χ0v) is 15.5. The van der Waals surface area contributed by atoms with Crippen LogP contribution in [-0.4, -0.2) is 24.5 Å². The first kappa shape index (κ1) is 17.7. The minimum atomic E-state index is -0.175. The van der Waals surface area contributed by atoms with Crippen LogP contribution in [0.1, 0.15) is 31.2 Å². The summed E-state index contributed by atoms with van der Waals surface area (Å²) >= 11 is 0. The van der Waals surface area contributed by atoms with Crippen molar-refractivity contribution in [3.8, 4) is 17.2 Å². The Morgan fingerprint density at radius 2 is 1.81 bits per heavy atom. The second-order valence-corrected chi connectivity index (χ2v) is 6.88. The molecule has 1 saturated heterocycles. The lowest BCUT2D eigenvalue weighted by molar-refractivity contribution is 0.104. The Morgan fingerprint density at radius 1 is 1.04 bits per heavy atom. The van der Waals surface area contributed by atoms with Gasteiger partial charge in [-0.25, -0.2) is 0 Å². The van der Waals surface area contributed by atoms with E-state index >= 15 is 0 Å². The zero-order valence-electron chi connectivity index (χ0n) is 15.5. The quantitative estimate of drug-likeness (QED) is 0.683. The molecule has 0 saturated carbocycles. The Morgan fingerprint density at radius 3 is 2.67 bits per heavy atom. The van der Waals surface area contributed by atoms with Gasteiger partial charge < -0.3 is 14.6 Å². The normalized spacial score (nSPS) is 19.7. The first-order valence-corrected chi connectivity index (χ1v) is 9.60. The van der Waals surface area contributed by atoms with E-state index < -0.39 is 0 Å². The van der Waals surface area contributed by atoms with Gasteiger partial charge in [-0.05, 0) is 66.9 Å². The van der Waals surface area contributed by atoms with Gasteiger partial charge in [0.15, 0.2) is 17.7 Å². The maximum Gasteiger partial charge on any atom is 0.163 e. The summed E-state index contributed by atoms with van der Waals surface area (Å²) in [5, 5.41) is 16.0. The largest absolute Gasteiger partial charge is 0.508 e. The van der Waals surface area contributed by atoms with Gasteiger partial charge in [-0.1, -0.05) is 36.4 Å². The summed E-state index contributed by atoms with van der Waals surface area (Å²) in [5.74, 6) is 1.94. The SMILES string of the molecule is CCOc1ccccc1OC1NCCCC1c1cc(O)cc2ccccc12. The number of para-hydroxylation sites is 2. The summed E-state index contributed by atoms with van der Waals surface area (Å²) in [6, 6.07) is 19.7. The molecule has 0 radical (unpaired) electrons. The Balaban J connectivity index is 1.70. The van der Waals surface area contributed by atoms with Crippen LogP contribution < -0.4 is 14.8 Å². The van der Waals surface area contributed by atoms with Gasteiger partial charge in [0.05, 0.1) is 6.61 Å². The predicted octanol–water partition coefficient (Wildman–Crippen LogP) is 4.82. The second kappa shape index (κ2) is 7.89. The molecule has 3 aromatic rings. The number of phenolic OH excluding ortho intramolecular Hbond substituents is 1. The third-order valence-corrected chi connectivity index (χ3v) is 5.08. The van der Waals surface area contributed by atoms with Crippen LogP contribution >= 0.6 is 0 Å². The molecule has 2 unspecified atom stereocenters. The van der Waals surface area contributed by atoms with Gasteiger partial charge in [0.25, 0.3) is 0 Å². The molecule has 0 amide bonds. The number of hydrogen-bond donors (Lipinski definition) is 2. The lowest BCUT2D eigenvalue weighted by atomic mass is 9.86. The first-order valence-electron chi connectivity index (χ1n) is 9.60. The highest BCUT2D eigenvalue weighted by Crippen LogP contribution is 2.38. The van der Waals surface area contributed by atoms with Crippen LogP contribution in [0.4, 0.5) is 0 Å². The Bertz CT molecular complexity index is 924. The summed E-state index contributed by atoms with van der Waals surface area (Å²) < 4.78 is 12.1. The summed E-state index contributed by atoms with van der Waals surface area (Å²) in [5.41, 5.74) is 1.12. The van der Waals surface area contributed by atoms with Crippen molar-refractivity contribution in [1.82, 2.24) is 5.32 Å². The number of ether oxygens (including phenoxy) is 2. The third-order valence-electron chi connectivity index (χ3n) is 5.08. The molecule has 140 valence electrons. The van der Waals surface area contributed by atoms with Crippen LogP contribution in [0, 0.1) is 0 Å². The van der Waals surface area contributed by atoms with Crippen LogP contribution in [0.3, 0.4) is 0 Å². The summed E-state index contributed by atoms with van der Waals surface area (Å²) in [7, 11) is 0. The van der Waals surface area contributed by atoms with Crippen LogP contribution in [0.2, 0.25) is 0 Å². The van der Waals surface area contributed by atoms with E-state index in [0.717, 1.165) is 47.2 Å². The molecule has 3 aromatic carbocycles. The molecule has 2 atom stereocenters. The minimum Gasteiger partial charge on any atom is -0.508 e. The molecule has 4 rings (SSSR count). The van der Waals surface area contributed by atoms with Crippen LogP contribution in [0.25, 0.3) is 10.8 Å². The van der Waals surface area contributed by atoms with E-state index in [4.69, 9.17) is 9.47 Å². The molecule has 0 bridgehead atoms. The molecule has 4 heteroatoms. The fourth-order valence-electron chi connectivity index (χ4n) is 3.89. The molecular weight excluding hydrogens is 338 g/mol. The number of fused-ring (bicyclic) bond motifs is 1. The summed E-state index contributed by atoms with van der Waals surface area (Å²) in [6.07, 6.45) is 1.90. The van der Waals surface area contributed by atoms with Crippen molar-refractivity contribution in [3.05, 3.63) is 66.2 Å². The summed E-state index contributed by atoms with van der Waals surface area (Å²) in [6.45, 7) is 3.48. The van der Waals surface area contributed by atoms with E-state index in [1.54, 1.807) is 0 Å². The lowest BCUT2D eigenvalue weighted by Gasteiger charge is -2.34. The summed E-state index contributed by atoms with van der Waals surface area (Å²) in [4.78, 5) is 0. The molecule has 1 heterocycles. The van der Waals surface area contributed by atoms with Crippen molar-refractivity contribution in [1.29, 1.82) is 0 Å². The number of nitrogens with one attached hydrogen (secondary N) is 1. The number of phenols is 1. The molecule has 1 aliphatic rings. The molecule has 1 aliphatic heterocycles. The fourth-order valence-corrected chi connectivity index (χ4v) is 3.89. The molecule has 0 aliphatic carbocycles. The van der Waals surface area contributed by atoms with E-state index in [1.807, 2.05) is 61.5 Å². The molecule has 1 fully saturated rings. The first-order chi connectivity index (χ1) is 13.3. The van der Waals surface area contributed by atoms with E-state index in [1.165, 1.54) is 0 Å². The highest BCUT2D eigenvalue weighted by Gasteiger charge is 2.30. The Labute approximate surface area is 159 Å². The molecule has 27 heavy (non-hydrogen) atoms. The maximum atomic E-state index is 10.3. The van der Waals surface area contributed by atoms with Gasteiger partial charge in [0.1, 0.15) is 5.75 Å². The van der Waals surface area contributed by atoms with Gasteiger partial charge in [0.2, 0.25) is 0 Å². The standard InChI is InChI=1S/C23H25NO3/c1-2-26-21-11-5-6-12-22(21)27-23-19(10-7-13-24-23)20-15-17(25)14-16-8-3-4-9-18(16)20/h3-6,8-9,11-12,14-15,19,23-25H,2,7,10,13H2,1H3. The average Bonchev–Trinajstić information content (AvgIpc) is 2.69. The van der Waals surface area contributed by atoms with Crippen molar-refractivity contribution in [2.24, 2.45) is 0 Å². The van der Waals surface area contributed by atoms with E-state index in [9.17, 15) is 5.11 Å². The van der Waals surface area contributed by atoms with Crippen molar-refractivity contribution < 1.29 is 14.6 Å². The van der Waals surface area contributed by atoms with E-state index in [-0.39, 0.29) is 12.1 Å². The second-order valence-electron chi connectivity index (χ2n) is 6.88. The number of benzene rings is 3. The molecule has 2 N–H and O–H groups in total. The molecule has 0 aromatic heterocycles. The monoisotopic (exact) mass is 363 g/mol. The Kier molecular flexibility index (Phi) is 5.16. The lowest BCUT2D eigenvalue weighted by Crippen LogP contribution is -2.44. The smallest absolute Gasteiger partial charge is 0.163 e. The number of hydrogen-bond acceptors (Lipinski definition) is 4. The Hall–Kier alpha value is -2.72. The van der Waals surface area contributed by atoms with E-state index in [2.05, 4.69) is 11.4 Å². The average molecular weight is 363 g/mol. The molecule has 4 nitrogen and oxygen atoms in total. The maximum absolute atomic E-state index is 10.3. The van der Waals surface area contributed by atoms with Crippen LogP contribution in [0.5, 0.6) is 17.2 Å². The van der Waals surface area contributed by atoms with Crippen molar-refractivity contribution in [3.63, 3.8) is 0 Å². The number of aromatic hydroxyl groups is 1. The van der Waals surface area contributed by atoms with Crippen molar-refractivity contribution >= 4 is 10.8 Å². The zero-order chi connectivity index (χ0) is 18.6. The minimum absolute atomic E-state index is 0.144. The van der Waals surface area contributed by atoms with E-state index in [0.29, 0.717) is 12.4 Å². The topological polar surface area (TPSA) is 50.7 Å². The highest BCUT2D eigenvalue weighted by atomic mass is 16.5. The van der Waals surface area contributed by atoms with Crippen LogP contribution in [0.15, 0.2) is 60.7 Å². The van der Waals surface area contributed by atoms with Crippen molar-refractivity contribution in [2.75, 3.05) is 13.2 Å². The molecular formula is C23H25NO3. The highest BCUT2D eigenvalue weighted by molar-refractivity contribution is 5.87. The number of piperidine rings is 1. The van der Waals surface area contributed by atoms with Gasteiger partial charge in [-0.2, -0.15) is 0 Å². The predicted molar refractivity (Wildman–Crippen MR) is 108 cm³/mol. The number of rotatable bonds is 5. The van der Waals surface area contributed by atoms with Gasteiger partial charge in [-0.15, -0.1) is 0 Å². The van der Waals surface area contributed by atoms with Gasteiger partial charge in [0, 0.05) is 5.92 Å². The fraction of sp³-hybridized carbons (Fsp3) is 0.304. The van der Waals surface area contributed by atoms with Crippen LogP contribution in [-0.2, 0) is 0 Å². The molecule has 0 spiro atoms. The van der Waals surface area contributed by atoms with Crippen molar-refractivity contribution in [2.45, 2.75) is 31.9 Å².